The maximum Gasteiger partial charge on any atom is 0.221 e. The zero-order valence-corrected chi connectivity index (χ0v) is 5.98. The molecule has 5 heteroatoms. The Balaban J connectivity index is 2.52. The minimum absolute atomic E-state index is 0.328. The van der Waals surface area contributed by atoms with Gasteiger partial charge in [0, 0.05) is 6.20 Å². The molecule has 0 unspecified atom stereocenters. The highest BCUT2D eigenvalue weighted by Crippen LogP contribution is 2.30. The number of nitrogens with one attached hydrogen (secondary N) is 1. The van der Waals surface area contributed by atoms with Crippen LogP contribution in [0.25, 0.3) is 0 Å². The third kappa shape index (κ3) is 0.786. The maximum absolute atomic E-state index is 5.36. The van der Waals surface area contributed by atoms with Gasteiger partial charge in [-0.25, -0.2) is 4.98 Å². The second-order valence-electron chi connectivity index (χ2n) is 1.91. The Hall–Kier alpha value is -0.970. The number of fused-ring (bicyclic) bond motifs is 1. The minimum atomic E-state index is 0.328. The molecule has 4 nitrogen and oxygen atoms in total. The van der Waals surface area contributed by atoms with E-state index >= 15 is 0 Å². The average molecular weight is 154 g/mol. The first-order chi connectivity index (χ1) is 4.86. The molecule has 1 aromatic rings. The standard InChI is InChI=1S/C5H6N4S/c6-5-7-1-3-4(9-5)8-2-10-3/h1H,2H2,(H3,6,7,8,9). The molecule has 0 saturated carbocycles. The van der Waals surface area contributed by atoms with Crippen molar-refractivity contribution in [2.75, 3.05) is 16.9 Å². The second-order valence-corrected chi connectivity index (χ2v) is 2.92. The first-order valence-corrected chi connectivity index (χ1v) is 3.84. The van der Waals surface area contributed by atoms with E-state index in [9.17, 15) is 0 Å². The molecule has 0 atom stereocenters. The van der Waals surface area contributed by atoms with Crippen molar-refractivity contribution >= 4 is 23.5 Å². The quantitative estimate of drug-likeness (QED) is 0.570. The van der Waals surface area contributed by atoms with Crippen LogP contribution >= 0.6 is 11.8 Å². The fraction of sp³-hybridized carbons (Fsp3) is 0.200. The summed E-state index contributed by atoms with van der Waals surface area (Å²) >= 11 is 1.68. The SMILES string of the molecule is Nc1ncc2c(n1)NCS2. The van der Waals surface area contributed by atoms with Gasteiger partial charge in [-0.3, -0.25) is 0 Å². The molecule has 0 spiro atoms. The van der Waals surface area contributed by atoms with Crippen LogP contribution in [-0.4, -0.2) is 15.8 Å². The van der Waals surface area contributed by atoms with Crippen LogP contribution in [0.15, 0.2) is 11.1 Å². The number of rotatable bonds is 0. The van der Waals surface area contributed by atoms with Gasteiger partial charge in [-0.15, -0.1) is 0 Å². The fourth-order valence-corrected chi connectivity index (χ4v) is 1.55. The zero-order valence-electron chi connectivity index (χ0n) is 5.16. The highest BCUT2D eigenvalue weighted by molar-refractivity contribution is 7.99. The molecule has 0 aromatic carbocycles. The van der Waals surface area contributed by atoms with Crippen LogP contribution < -0.4 is 11.1 Å². The van der Waals surface area contributed by atoms with Gasteiger partial charge in [0.2, 0.25) is 5.95 Å². The Morgan fingerprint density at radius 3 is 3.50 bits per heavy atom. The number of nitrogens with zero attached hydrogens (tertiary/aromatic N) is 2. The van der Waals surface area contributed by atoms with Crippen molar-refractivity contribution in [2.24, 2.45) is 0 Å². The summed E-state index contributed by atoms with van der Waals surface area (Å²) in [7, 11) is 0. The molecule has 1 aliphatic heterocycles. The highest BCUT2D eigenvalue weighted by Gasteiger charge is 2.11. The Bertz CT molecular complexity index is 262. The number of hydrogen-bond acceptors (Lipinski definition) is 5. The van der Waals surface area contributed by atoms with Crippen molar-refractivity contribution in [3.05, 3.63) is 6.20 Å². The summed E-state index contributed by atoms with van der Waals surface area (Å²) in [5.41, 5.74) is 5.36. The van der Waals surface area contributed by atoms with Gasteiger partial charge in [-0.05, 0) is 0 Å². The van der Waals surface area contributed by atoms with Crippen molar-refractivity contribution in [3.8, 4) is 0 Å². The summed E-state index contributed by atoms with van der Waals surface area (Å²) in [5.74, 6) is 2.05. The molecule has 0 amide bonds. The van der Waals surface area contributed by atoms with E-state index in [1.165, 1.54) is 0 Å². The monoisotopic (exact) mass is 154 g/mol. The predicted octanol–water partition coefficient (Wildman–Crippen LogP) is 0.534. The van der Waals surface area contributed by atoms with Crippen molar-refractivity contribution in [1.29, 1.82) is 0 Å². The van der Waals surface area contributed by atoms with E-state index in [0.29, 0.717) is 5.95 Å². The second kappa shape index (κ2) is 2.02. The number of hydrogen-bond donors (Lipinski definition) is 2. The summed E-state index contributed by atoms with van der Waals surface area (Å²) in [4.78, 5) is 8.92. The lowest BCUT2D eigenvalue weighted by Crippen LogP contribution is -1.97. The van der Waals surface area contributed by atoms with Crippen LogP contribution in [-0.2, 0) is 0 Å². The van der Waals surface area contributed by atoms with Gasteiger partial charge in [0.15, 0.2) is 0 Å². The molecule has 52 valence electrons. The Morgan fingerprint density at radius 2 is 2.60 bits per heavy atom. The smallest absolute Gasteiger partial charge is 0.221 e. The molecule has 2 heterocycles. The van der Waals surface area contributed by atoms with E-state index < -0.39 is 0 Å². The van der Waals surface area contributed by atoms with E-state index in [0.717, 1.165) is 16.6 Å². The van der Waals surface area contributed by atoms with Gasteiger partial charge < -0.3 is 11.1 Å². The fourth-order valence-electron chi connectivity index (χ4n) is 0.799. The first-order valence-electron chi connectivity index (χ1n) is 2.85. The summed E-state index contributed by atoms with van der Waals surface area (Å²) in [6.45, 7) is 0. The molecule has 0 aliphatic carbocycles. The van der Waals surface area contributed by atoms with Crippen molar-refractivity contribution in [1.82, 2.24) is 9.97 Å². The van der Waals surface area contributed by atoms with Gasteiger partial charge in [0.1, 0.15) is 5.82 Å². The van der Waals surface area contributed by atoms with Crippen LogP contribution in [0.3, 0.4) is 0 Å². The van der Waals surface area contributed by atoms with Crippen molar-refractivity contribution in [2.45, 2.75) is 4.90 Å². The van der Waals surface area contributed by atoms with Gasteiger partial charge in [-0.2, -0.15) is 4.98 Å². The summed E-state index contributed by atoms with van der Waals surface area (Å²) in [6, 6.07) is 0. The zero-order chi connectivity index (χ0) is 6.97. The average Bonchev–Trinajstić information content (AvgIpc) is 2.33. The van der Waals surface area contributed by atoms with Crippen LogP contribution in [0, 0.1) is 0 Å². The number of thioether (sulfide) groups is 1. The number of aromatic nitrogens is 2. The lowest BCUT2D eigenvalue weighted by Gasteiger charge is -1.95. The Labute approximate surface area is 62.2 Å². The lowest BCUT2D eigenvalue weighted by molar-refractivity contribution is 1.12. The number of nitrogen functional groups attached to an aromatic ring is 1. The number of anilines is 2. The predicted molar refractivity (Wildman–Crippen MR) is 40.8 cm³/mol. The van der Waals surface area contributed by atoms with Crippen LogP contribution in [0.1, 0.15) is 0 Å². The molecule has 3 N–H and O–H groups in total. The van der Waals surface area contributed by atoms with Gasteiger partial charge in [-0.1, -0.05) is 11.8 Å². The largest absolute Gasteiger partial charge is 0.368 e. The van der Waals surface area contributed by atoms with Gasteiger partial charge in [0.05, 0.1) is 10.8 Å². The highest BCUT2D eigenvalue weighted by atomic mass is 32.2. The Morgan fingerprint density at radius 1 is 1.70 bits per heavy atom. The molecule has 2 rings (SSSR count). The third-order valence-electron chi connectivity index (χ3n) is 1.24. The third-order valence-corrected chi connectivity index (χ3v) is 2.14. The molecule has 0 radical (unpaired) electrons. The van der Waals surface area contributed by atoms with Gasteiger partial charge in [0.25, 0.3) is 0 Å². The first kappa shape index (κ1) is 5.79. The van der Waals surface area contributed by atoms with Crippen molar-refractivity contribution in [3.63, 3.8) is 0 Å². The molecule has 0 fully saturated rings. The topological polar surface area (TPSA) is 63.8 Å². The Kier molecular flexibility index (Phi) is 1.17. The van der Waals surface area contributed by atoms with E-state index in [4.69, 9.17) is 5.73 Å². The molecular weight excluding hydrogens is 148 g/mol. The molecule has 1 aliphatic rings. The van der Waals surface area contributed by atoms with Gasteiger partial charge >= 0.3 is 0 Å². The van der Waals surface area contributed by atoms with Crippen molar-refractivity contribution < 1.29 is 0 Å². The van der Waals surface area contributed by atoms with E-state index in [1.807, 2.05) is 0 Å². The number of nitrogens with two attached hydrogens (primary N) is 1. The summed E-state index contributed by atoms with van der Waals surface area (Å²) in [5, 5.41) is 3.07. The normalized spacial score (nSPS) is 14.4. The van der Waals surface area contributed by atoms with Crippen LogP contribution in [0.4, 0.5) is 11.8 Å². The van der Waals surface area contributed by atoms with E-state index in [1.54, 1.807) is 18.0 Å². The molecule has 0 saturated heterocycles. The minimum Gasteiger partial charge on any atom is -0.368 e. The molecular formula is C5H6N4S. The molecule has 0 bridgehead atoms. The lowest BCUT2D eigenvalue weighted by atomic mass is 10.6. The van der Waals surface area contributed by atoms with E-state index in [-0.39, 0.29) is 0 Å². The van der Waals surface area contributed by atoms with E-state index in [2.05, 4.69) is 15.3 Å². The summed E-state index contributed by atoms with van der Waals surface area (Å²) < 4.78 is 0. The molecule has 1 aromatic heterocycles. The maximum atomic E-state index is 5.36. The molecule has 10 heavy (non-hydrogen) atoms. The summed E-state index contributed by atoms with van der Waals surface area (Å²) in [6.07, 6.45) is 1.74. The van der Waals surface area contributed by atoms with Crippen LogP contribution in [0.2, 0.25) is 0 Å². The van der Waals surface area contributed by atoms with Crippen LogP contribution in [0.5, 0.6) is 0 Å².